The quantitative estimate of drug-likeness (QED) is 0.621. The fraction of sp³-hybridized carbons (Fsp3) is 0.500. The molecule has 96 valence electrons. The summed E-state index contributed by atoms with van der Waals surface area (Å²) in [7, 11) is 1.68. The summed E-state index contributed by atoms with van der Waals surface area (Å²) in [6.45, 7) is 2.00. The number of rotatable bonds is 6. The maximum Gasteiger partial charge on any atom is 0.0558 e. The van der Waals surface area contributed by atoms with Gasteiger partial charge in [-0.1, -0.05) is 29.3 Å². The first kappa shape index (κ1) is 14.7. The molecule has 1 aromatic carbocycles. The van der Waals surface area contributed by atoms with E-state index in [9.17, 15) is 0 Å². The van der Waals surface area contributed by atoms with Gasteiger partial charge < -0.3 is 4.74 Å². The number of hydrazine groups is 1. The highest BCUT2D eigenvalue weighted by molar-refractivity contribution is 6.35. The van der Waals surface area contributed by atoms with Gasteiger partial charge in [0.15, 0.2) is 0 Å². The van der Waals surface area contributed by atoms with Crippen LogP contribution in [0.15, 0.2) is 18.2 Å². The van der Waals surface area contributed by atoms with Gasteiger partial charge in [-0.3, -0.25) is 11.3 Å². The summed E-state index contributed by atoms with van der Waals surface area (Å²) >= 11 is 12.2. The molecule has 0 aliphatic carbocycles. The van der Waals surface area contributed by atoms with Crippen LogP contribution in [0.3, 0.4) is 0 Å². The Balaban J connectivity index is 2.73. The Labute approximate surface area is 112 Å². The van der Waals surface area contributed by atoms with Crippen LogP contribution in [0.25, 0.3) is 0 Å². The molecule has 0 aromatic heterocycles. The fourth-order valence-electron chi connectivity index (χ4n) is 1.68. The largest absolute Gasteiger partial charge is 0.382 e. The molecule has 1 aromatic rings. The molecule has 1 rings (SSSR count). The van der Waals surface area contributed by atoms with Crippen LogP contribution in [-0.2, 0) is 11.2 Å². The molecule has 0 amide bonds. The van der Waals surface area contributed by atoms with E-state index < -0.39 is 0 Å². The number of methoxy groups -OCH3 is 1. The first-order valence-corrected chi connectivity index (χ1v) is 6.25. The van der Waals surface area contributed by atoms with Crippen LogP contribution in [0.4, 0.5) is 0 Å². The fourth-order valence-corrected chi connectivity index (χ4v) is 2.23. The van der Waals surface area contributed by atoms with Gasteiger partial charge in [-0.05, 0) is 37.5 Å². The number of benzene rings is 1. The average molecular weight is 277 g/mol. The van der Waals surface area contributed by atoms with Gasteiger partial charge >= 0.3 is 0 Å². The molecule has 0 saturated carbocycles. The Morgan fingerprint density at radius 3 is 2.41 bits per heavy atom. The Morgan fingerprint density at radius 2 is 1.94 bits per heavy atom. The predicted octanol–water partition coefficient (Wildman–Crippen LogP) is 2.79. The van der Waals surface area contributed by atoms with Crippen LogP contribution < -0.4 is 11.3 Å². The summed E-state index contributed by atoms with van der Waals surface area (Å²) < 4.78 is 5.22. The van der Waals surface area contributed by atoms with Crippen LogP contribution >= 0.6 is 23.2 Å². The molecule has 2 unspecified atom stereocenters. The Kier molecular flexibility index (Phi) is 6.23. The second-order valence-corrected chi connectivity index (χ2v) is 4.86. The van der Waals surface area contributed by atoms with Crippen LogP contribution in [0.2, 0.25) is 10.0 Å². The highest BCUT2D eigenvalue weighted by Gasteiger charge is 2.15. The summed E-state index contributed by atoms with van der Waals surface area (Å²) in [4.78, 5) is 0. The lowest BCUT2D eigenvalue weighted by atomic mass is 10.0. The van der Waals surface area contributed by atoms with Crippen molar-refractivity contribution in [1.82, 2.24) is 5.43 Å². The highest BCUT2D eigenvalue weighted by Crippen LogP contribution is 2.26. The Bertz CT molecular complexity index is 340. The van der Waals surface area contributed by atoms with Crippen LogP contribution in [0.5, 0.6) is 0 Å². The van der Waals surface area contributed by atoms with E-state index in [0.717, 1.165) is 12.0 Å². The number of nitrogens with one attached hydrogen (secondary N) is 1. The van der Waals surface area contributed by atoms with Crippen molar-refractivity contribution >= 4 is 23.2 Å². The third-order valence-corrected chi connectivity index (χ3v) is 3.47. The topological polar surface area (TPSA) is 47.3 Å². The van der Waals surface area contributed by atoms with Crippen LogP contribution in [0.1, 0.15) is 18.9 Å². The van der Waals surface area contributed by atoms with Crippen molar-refractivity contribution in [2.75, 3.05) is 7.11 Å². The third kappa shape index (κ3) is 4.45. The second kappa shape index (κ2) is 7.19. The molecule has 0 fully saturated rings. The van der Waals surface area contributed by atoms with Crippen molar-refractivity contribution in [3.8, 4) is 0 Å². The minimum absolute atomic E-state index is 0.0855. The normalized spacial score (nSPS) is 14.6. The third-order valence-electron chi connectivity index (χ3n) is 2.77. The molecule has 0 aliphatic heterocycles. The van der Waals surface area contributed by atoms with Crippen molar-refractivity contribution in [3.63, 3.8) is 0 Å². The van der Waals surface area contributed by atoms with E-state index in [2.05, 4.69) is 5.43 Å². The molecular weight excluding hydrogens is 259 g/mol. The van der Waals surface area contributed by atoms with E-state index in [1.165, 1.54) is 0 Å². The van der Waals surface area contributed by atoms with Crippen molar-refractivity contribution in [1.29, 1.82) is 0 Å². The summed E-state index contributed by atoms with van der Waals surface area (Å²) in [6, 6.07) is 5.57. The van der Waals surface area contributed by atoms with Gasteiger partial charge in [-0.25, -0.2) is 0 Å². The number of hydrogen-bond acceptors (Lipinski definition) is 3. The number of hydrogen-bond donors (Lipinski definition) is 2. The van der Waals surface area contributed by atoms with E-state index >= 15 is 0 Å². The van der Waals surface area contributed by atoms with Gasteiger partial charge in [0, 0.05) is 23.2 Å². The molecular formula is C12H18Cl2N2O. The minimum Gasteiger partial charge on any atom is -0.382 e. The van der Waals surface area contributed by atoms with E-state index in [0.29, 0.717) is 16.5 Å². The molecule has 2 atom stereocenters. The van der Waals surface area contributed by atoms with Crippen molar-refractivity contribution in [2.24, 2.45) is 5.84 Å². The first-order chi connectivity index (χ1) is 8.08. The standard InChI is InChI=1S/C12H18Cl2N2O/c1-8(17-2)6-9(16-15)7-10-11(13)4-3-5-12(10)14/h3-5,8-9,16H,6-7,15H2,1-2H3. The van der Waals surface area contributed by atoms with Crippen LogP contribution in [-0.4, -0.2) is 19.3 Å². The molecule has 17 heavy (non-hydrogen) atoms. The SMILES string of the molecule is COC(C)CC(Cc1c(Cl)cccc1Cl)NN. The van der Waals surface area contributed by atoms with Crippen molar-refractivity contribution < 1.29 is 4.74 Å². The van der Waals surface area contributed by atoms with E-state index in [-0.39, 0.29) is 12.1 Å². The summed E-state index contributed by atoms with van der Waals surface area (Å²) in [5.41, 5.74) is 3.69. The molecule has 0 bridgehead atoms. The van der Waals surface area contributed by atoms with Gasteiger partial charge in [-0.15, -0.1) is 0 Å². The zero-order chi connectivity index (χ0) is 12.8. The van der Waals surface area contributed by atoms with E-state index in [4.69, 9.17) is 33.8 Å². The molecule has 5 heteroatoms. The van der Waals surface area contributed by atoms with Crippen molar-refractivity contribution in [3.05, 3.63) is 33.8 Å². The lowest BCUT2D eigenvalue weighted by Gasteiger charge is -2.20. The minimum atomic E-state index is 0.0855. The molecule has 0 heterocycles. The number of halogens is 2. The maximum absolute atomic E-state index is 6.12. The lowest BCUT2D eigenvalue weighted by Crippen LogP contribution is -2.39. The Hall–Kier alpha value is -0.320. The first-order valence-electron chi connectivity index (χ1n) is 5.50. The molecule has 3 N–H and O–H groups in total. The average Bonchev–Trinajstić information content (AvgIpc) is 2.32. The Morgan fingerprint density at radius 1 is 1.35 bits per heavy atom. The number of ether oxygens (including phenoxy) is 1. The summed E-state index contributed by atoms with van der Waals surface area (Å²) in [5.74, 6) is 5.53. The lowest BCUT2D eigenvalue weighted by molar-refractivity contribution is 0.100. The van der Waals surface area contributed by atoms with Crippen LogP contribution in [0, 0.1) is 0 Å². The highest BCUT2D eigenvalue weighted by atomic mass is 35.5. The summed E-state index contributed by atoms with van der Waals surface area (Å²) in [6.07, 6.45) is 1.62. The molecule has 0 saturated heterocycles. The molecule has 3 nitrogen and oxygen atoms in total. The van der Waals surface area contributed by atoms with Gasteiger partial charge in [0.1, 0.15) is 0 Å². The molecule has 0 radical (unpaired) electrons. The van der Waals surface area contributed by atoms with Gasteiger partial charge in [0.25, 0.3) is 0 Å². The maximum atomic E-state index is 6.12. The van der Waals surface area contributed by atoms with E-state index in [1.807, 2.05) is 25.1 Å². The zero-order valence-electron chi connectivity index (χ0n) is 10.0. The van der Waals surface area contributed by atoms with Gasteiger partial charge in [-0.2, -0.15) is 0 Å². The van der Waals surface area contributed by atoms with Crippen molar-refractivity contribution in [2.45, 2.75) is 31.9 Å². The predicted molar refractivity (Wildman–Crippen MR) is 72.4 cm³/mol. The van der Waals surface area contributed by atoms with E-state index in [1.54, 1.807) is 7.11 Å². The smallest absolute Gasteiger partial charge is 0.0558 e. The zero-order valence-corrected chi connectivity index (χ0v) is 11.6. The van der Waals surface area contributed by atoms with Gasteiger partial charge in [0.2, 0.25) is 0 Å². The van der Waals surface area contributed by atoms with Gasteiger partial charge in [0.05, 0.1) is 6.10 Å². The summed E-state index contributed by atoms with van der Waals surface area (Å²) in [5, 5.41) is 1.34. The second-order valence-electron chi connectivity index (χ2n) is 4.05. The number of nitrogens with two attached hydrogens (primary N) is 1. The monoisotopic (exact) mass is 276 g/mol. The molecule has 0 spiro atoms. The molecule has 0 aliphatic rings.